The predicted molar refractivity (Wildman–Crippen MR) is 269 cm³/mol. The Hall–Kier alpha value is -8.00. The molecule has 0 aliphatic carbocycles. The van der Waals surface area contributed by atoms with Crippen LogP contribution in [0.5, 0.6) is 0 Å². The number of allylic oxidation sites excluding steroid dienone is 2. The number of hydrogen-bond acceptors (Lipinski definition) is 1. The molecule has 0 amide bonds. The third kappa shape index (κ3) is 7.21. The molecule has 0 saturated heterocycles. The Bertz CT molecular complexity index is 3190. The molecule has 0 aromatic heterocycles. The molecule has 0 aliphatic rings. The summed E-state index contributed by atoms with van der Waals surface area (Å²) in [5.74, 6) is 0. The molecule has 0 atom stereocenters. The van der Waals surface area contributed by atoms with Crippen LogP contribution in [0, 0.1) is 6.92 Å². The average molecular weight is 792 g/mol. The zero-order chi connectivity index (χ0) is 41.8. The molecular weight excluding hydrogens is 747 g/mol. The summed E-state index contributed by atoms with van der Waals surface area (Å²) in [6, 6.07) is 76.8. The van der Waals surface area contributed by atoms with Gasteiger partial charge in [0, 0.05) is 17.1 Å². The number of hydrogen-bond donors (Lipinski definition) is 0. The Morgan fingerprint density at radius 3 is 1.39 bits per heavy atom. The van der Waals surface area contributed by atoms with Gasteiger partial charge in [-0.25, -0.2) is 0 Å². The average Bonchev–Trinajstić information content (AvgIpc) is 3.33. The van der Waals surface area contributed by atoms with Crippen LogP contribution in [0.1, 0.15) is 22.3 Å². The van der Waals surface area contributed by atoms with E-state index in [1.807, 2.05) is 12.2 Å². The molecule has 0 saturated carbocycles. The zero-order valence-electron chi connectivity index (χ0n) is 34.7. The molecule has 10 aromatic rings. The molecule has 0 heterocycles. The zero-order valence-corrected chi connectivity index (χ0v) is 34.7. The maximum atomic E-state index is 3.85. The molecule has 0 unspecified atom stereocenters. The van der Waals surface area contributed by atoms with Crippen molar-refractivity contribution in [2.24, 2.45) is 0 Å². The van der Waals surface area contributed by atoms with Gasteiger partial charge in [-0.15, -0.1) is 0 Å². The molecular formula is C61H45N. The summed E-state index contributed by atoms with van der Waals surface area (Å²) >= 11 is 0. The van der Waals surface area contributed by atoms with Gasteiger partial charge in [0.15, 0.2) is 0 Å². The Kier molecular flexibility index (Phi) is 10.4. The van der Waals surface area contributed by atoms with Crippen molar-refractivity contribution in [1.29, 1.82) is 0 Å². The standard InChI is InChI=1S/C61H45N/c1-3-4-18-45-19-17-30-52(43(45)2)55-42-39-46(53-24-11-12-25-54(53)55)34-31-44-32-35-47(36-33-44)60-56-26-13-15-28-58(56)61(59-29-16-14-27-57(59)60)48-37-40-51(41-38-48)62(49-20-7-5-8-21-49)50-22-9-6-10-23-50/h3-42H,1H2,2H3. The fraction of sp³-hybridized carbons (Fsp3) is 0.0164. The van der Waals surface area contributed by atoms with Crippen molar-refractivity contribution < 1.29 is 0 Å². The van der Waals surface area contributed by atoms with Gasteiger partial charge in [0.1, 0.15) is 0 Å². The maximum Gasteiger partial charge on any atom is 0.0462 e. The normalized spacial score (nSPS) is 11.6. The van der Waals surface area contributed by atoms with Crippen LogP contribution >= 0.6 is 0 Å². The molecule has 0 spiro atoms. The van der Waals surface area contributed by atoms with Crippen molar-refractivity contribution in [3.63, 3.8) is 0 Å². The minimum Gasteiger partial charge on any atom is -0.311 e. The fourth-order valence-electron chi connectivity index (χ4n) is 9.08. The van der Waals surface area contributed by atoms with E-state index < -0.39 is 0 Å². The molecule has 10 rings (SSSR count). The molecule has 0 aliphatic heterocycles. The second-order valence-corrected chi connectivity index (χ2v) is 15.7. The molecule has 1 nitrogen and oxygen atoms in total. The Labute approximate surface area is 364 Å². The number of para-hydroxylation sites is 2. The van der Waals surface area contributed by atoms with Gasteiger partial charge in [0.05, 0.1) is 0 Å². The van der Waals surface area contributed by atoms with E-state index in [1.165, 1.54) is 82.4 Å². The number of rotatable bonds is 10. The SMILES string of the molecule is C=CC=Cc1cccc(-c2ccc(C=Cc3ccc(-c4c5ccccc5c(-c5ccc(N(c6ccccc6)c6ccccc6)cc5)c5ccccc45)cc3)c3ccccc23)c1C. The van der Waals surface area contributed by atoms with Crippen LogP contribution in [0.3, 0.4) is 0 Å². The van der Waals surface area contributed by atoms with Crippen molar-refractivity contribution in [3.05, 3.63) is 253 Å². The van der Waals surface area contributed by atoms with Gasteiger partial charge in [0.25, 0.3) is 0 Å². The van der Waals surface area contributed by atoms with Crippen LogP contribution in [0.15, 0.2) is 231 Å². The predicted octanol–water partition coefficient (Wildman–Crippen LogP) is 17.3. The Morgan fingerprint density at radius 2 is 0.839 bits per heavy atom. The first-order valence-corrected chi connectivity index (χ1v) is 21.3. The lowest BCUT2D eigenvalue weighted by Crippen LogP contribution is -2.09. The van der Waals surface area contributed by atoms with Gasteiger partial charge < -0.3 is 4.90 Å². The van der Waals surface area contributed by atoms with E-state index >= 15 is 0 Å². The molecule has 0 radical (unpaired) electrons. The van der Waals surface area contributed by atoms with E-state index in [2.05, 4.69) is 249 Å². The third-order valence-electron chi connectivity index (χ3n) is 12.1. The van der Waals surface area contributed by atoms with Gasteiger partial charge in [-0.2, -0.15) is 0 Å². The van der Waals surface area contributed by atoms with E-state index in [0.29, 0.717) is 0 Å². The molecule has 294 valence electrons. The lowest BCUT2D eigenvalue weighted by atomic mass is 9.86. The Balaban J connectivity index is 0.998. The lowest BCUT2D eigenvalue weighted by Gasteiger charge is -2.25. The summed E-state index contributed by atoms with van der Waals surface area (Å²) in [7, 11) is 0. The number of benzene rings is 10. The van der Waals surface area contributed by atoms with Gasteiger partial charge >= 0.3 is 0 Å². The van der Waals surface area contributed by atoms with Gasteiger partial charge in [-0.3, -0.25) is 0 Å². The van der Waals surface area contributed by atoms with Crippen molar-refractivity contribution in [1.82, 2.24) is 0 Å². The largest absolute Gasteiger partial charge is 0.311 e. The summed E-state index contributed by atoms with van der Waals surface area (Å²) in [6.07, 6.45) is 10.4. The first-order valence-electron chi connectivity index (χ1n) is 21.3. The molecule has 0 fully saturated rings. The quantitative estimate of drug-likeness (QED) is 0.0757. The highest BCUT2D eigenvalue weighted by Crippen LogP contribution is 2.45. The molecule has 0 N–H and O–H groups in total. The second kappa shape index (κ2) is 16.9. The fourth-order valence-corrected chi connectivity index (χ4v) is 9.08. The van der Waals surface area contributed by atoms with Crippen molar-refractivity contribution >= 4 is 67.6 Å². The van der Waals surface area contributed by atoms with Crippen molar-refractivity contribution in [3.8, 4) is 33.4 Å². The molecule has 10 aromatic carbocycles. The van der Waals surface area contributed by atoms with Gasteiger partial charge in [-0.1, -0.05) is 213 Å². The number of nitrogens with zero attached hydrogens (tertiary/aromatic N) is 1. The van der Waals surface area contributed by atoms with Crippen LogP contribution in [0.25, 0.3) is 83.9 Å². The van der Waals surface area contributed by atoms with Crippen LogP contribution in [-0.2, 0) is 0 Å². The summed E-state index contributed by atoms with van der Waals surface area (Å²) in [5.41, 5.74) is 15.6. The minimum absolute atomic E-state index is 1.12. The smallest absolute Gasteiger partial charge is 0.0462 e. The van der Waals surface area contributed by atoms with Crippen LogP contribution in [-0.4, -0.2) is 0 Å². The first-order chi connectivity index (χ1) is 30.7. The lowest BCUT2D eigenvalue weighted by molar-refractivity contribution is 1.28. The maximum absolute atomic E-state index is 3.85. The summed E-state index contributed by atoms with van der Waals surface area (Å²) in [6.45, 7) is 6.06. The van der Waals surface area contributed by atoms with Crippen LogP contribution < -0.4 is 4.90 Å². The highest BCUT2D eigenvalue weighted by atomic mass is 15.1. The van der Waals surface area contributed by atoms with Crippen molar-refractivity contribution in [2.75, 3.05) is 4.90 Å². The molecule has 0 bridgehead atoms. The van der Waals surface area contributed by atoms with Gasteiger partial charge in [-0.05, 0) is 131 Å². The number of fused-ring (bicyclic) bond motifs is 3. The van der Waals surface area contributed by atoms with E-state index in [0.717, 1.165) is 22.6 Å². The highest BCUT2D eigenvalue weighted by Gasteiger charge is 2.18. The summed E-state index contributed by atoms with van der Waals surface area (Å²) in [4.78, 5) is 2.31. The molecule has 62 heavy (non-hydrogen) atoms. The Morgan fingerprint density at radius 1 is 0.355 bits per heavy atom. The summed E-state index contributed by atoms with van der Waals surface area (Å²) in [5, 5.41) is 7.46. The van der Waals surface area contributed by atoms with E-state index in [1.54, 1.807) is 0 Å². The van der Waals surface area contributed by atoms with E-state index in [4.69, 9.17) is 0 Å². The number of anilines is 3. The molecule has 1 heteroatoms. The van der Waals surface area contributed by atoms with Crippen LogP contribution in [0.4, 0.5) is 17.1 Å². The highest BCUT2D eigenvalue weighted by molar-refractivity contribution is 6.21. The third-order valence-corrected chi connectivity index (χ3v) is 12.1. The van der Waals surface area contributed by atoms with Crippen LogP contribution in [0.2, 0.25) is 0 Å². The summed E-state index contributed by atoms with van der Waals surface area (Å²) < 4.78 is 0. The minimum atomic E-state index is 1.12. The first kappa shape index (κ1) is 38.2. The second-order valence-electron chi connectivity index (χ2n) is 15.7. The van der Waals surface area contributed by atoms with Crippen molar-refractivity contribution in [2.45, 2.75) is 6.92 Å². The van der Waals surface area contributed by atoms with E-state index in [-0.39, 0.29) is 0 Å². The monoisotopic (exact) mass is 791 g/mol. The topological polar surface area (TPSA) is 3.24 Å². The van der Waals surface area contributed by atoms with E-state index in [9.17, 15) is 0 Å². The van der Waals surface area contributed by atoms with Gasteiger partial charge in [0.2, 0.25) is 0 Å².